The van der Waals surface area contributed by atoms with Gasteiger partial charge in [0, 0.05) is 18.9 Å². The molecule has 0 fully saturated rings. The molecule has 2 N–H and O–H groups in total. The summed E-state index contributed by atoms with van der Waals surface area (Å²) in [7, 11) is 0. The maximum absolute atomic E-state index is 11.1. The fraction of sp³-hybridized carbons (Fsp3) is 0.545. The fourth-order valence-electron chi connectivity index (χ4n) is 1.21. The lowest BCUT2D eigenvalue weighted by atomic mass is 9.88. The van der Waals surface area contributed by atoms with Gasteiger partial charge in [-0.2, -0.15) is 0 Å². The number of carbonyl (C=O) groups is 1. The van der Waals surface area contributed by atoms with E-state index in [4.69, 9.17) is 5.11 Å². The molecule has 88 valence electrons. The highest BCUT2D eigenvalue weighted by Gasteiger charge is 2.30. The van der Waals surface area contributed by atoms with Crippen LogP contribution in [0.4, 0.5) is 5.82 Å². The van der Waals surface area contributed by atoms with Gasteiger partial charge in [0.25, 0.3) is 0 Å². The van der Waals surface area contributed by atoms with Crippen molar-refractivity contribution < 1.29 is 9.90 Å². The van der Waals surface area contributed by atoms with Crippen LogP contribution in [-0.2, 0) is 4.79 Å². The summed E-state index contributed by atoms with van der Waals surface area (Å²) in [6.45, 7) is 5.76. The lowest BCUT2D eigenvalue weighted by molar-refractivity contribution is -0.147. The van der Waals surface area contributed by atoms with Crippen molar-refractivity contribution in [1.29, 1.82) is 0 Å². The Labute approximate surface area is 94.9 Å². The Balaban J connectivity index is 2.71. The van der Waals surface area contributed by atoms with Gasteiger partial charge in [-0.15, -0.1) is 0 Å². The van der Waals surface area contributed by atoms with Crippen molar-refractivity contribution in [2.24, 2.45) is 5.41 Å². The van der Waals surface area contributed by atoms with Crippen molar-refractivity contribution in [3.63, 3.8) is 0 Å². The van der Waals surface area contributed by atoms with Gasteiger partial charge in [0.1, 0.15) is 5.82 Å². The lowest BCUT2D eigenvalue weighted by Crippen LogP contribution is -2.34. The van der Waals surface area contributed by atoms with Crippen molar-refractivity contribution >= 4 is 11.8 Å². The van der Waals surface area contributed by atoms with Gasteiger partial charge in [-0.05, 0) is 20.3 Å². The number of rotatable bonds is 5. The van der Waals surface area contributed by atoms with E-state index in [0.717, 1.165) is 5.69 Å². The van der Waals surface area contributed by atoms with E-state index in [1.807, 2.05) is 13.8 Å². The first-order chi connectivity index (χ1) is 7.49. The maximum Gasteiger partial charge on any atom is 0.311 e. The predicted molar refractivity (Wildman–Crippen MR) is 61.3 cm³/mol. The Hall–Kier alpha value is -1.65. The number of carboxylic acid groups (broad SMARTS) is 1. The molecule has 0 saturated carbocycles. The van der Waals surface area contributed by atoms with Crippen LogP contribution in [0.5, 0.6) is 0 Å². The van der Waals surface area contributed by atoms with Gasteiger partial charge in [-0.1, -0.05) is 6.92 Å². The van der Waals surface area contributed by atoms with Crippen LogP contribution in [0.3, 0.4) is 0 Å². The highest BCUT2D eigenvalue weighted by Crippen LogP contribution is 2.22. The topological polar surface area (TPSA) is 75.1 Å². The van der Waals surface area contributed by atoms with Crippen LogP contribution in [-0.4, -0.2) is 27.6 Å². The molecule has 0 aliphatic rings. The zero-order valence-corrected chi connectivity index (χ0v) is 9.82. The minimum Gasteiger partial charge on any atom is -0.481 e. The molecule has 0 aliphatic heterocycles. The Kier molecular flexibility index (Phi) is 3.82. The van der Waals surface area contributed by atoms with Crippen LogP contribution < -0.4 is 5.32 Å². The molecule has 1 heterocycles. The molecule has 0 radical (unpaired) electrons. The lowest BCUT2D eigenvalue weighted by Gasteiger charge is -2.23. The van der Waals surface area contributed by atoms with Gasteiger partial charge >= 0.3 is 5.97 Å². The summed E-state index contributed by atoms with van der Waals surface area (Å²) in [6, 6.07) is 0. The molecule has 0 saturated heterocycles. The summed E-state index contributed by atoms with van der Waals surface area (Å²) < 4.78 is 0. The van der Waals surface area contributed by atoms with Crippen molar-refractivity contribution in [2.75, 3.05) is 11.9 Å². The minimum absolute atomic E-state index is 0.346. The molecule has 1 atom stereocenters. The monoisotopic (exact) mass is 223 g/mol. The molecule has 1 aromatic heterocycles. The average molecular weight is 223 g/mol. The number of hydrogen-bond acceptors (Lipinski definition) is 4. The fourth-order valence-corrected chi connectivity index (χ4v) is 1.21. The number of aryl methyl sites for hydroxylation is 1. The second-order valence-electron chi connectivity index (χ2n) is 4.06. The smallest absolute Gasteiger partial charge is 0.311 e. The number of carboxylic acids is 1. The van der Waals surface area contributed by atoms with Crippen molar-refractivity contribution in [3.05, 3.63) is 18.1 Å². The summed E-state index contributed by atoms with van der Waals surface area (Å²) in [4.78, 5) is 19.3. The summed E-state index contributed by atoms with van der Waals surface area (Å²) in [5.41, 5.74) is -0.00409. The molecular formula is C11H17N3O2. The van der Waals surface area contributed by atoms with Crippen LogP contribution in [0.2, 0.25) is 0 Å². The third-order valence-electron chi connectivity index (χ3n) is 2.82. The number of anilines is 1. The minimum atomic E-state index is -0.802. The van der Waals surface area contributed by atoms with Gasteiger partial charge < -0.3 is 10.4 Å². The Bertz CT molecular complexity index is 381. The number of nitrogens with zero attached hydrogens (tertiary/aromatic N) is 2. The van der Waals surface area contributed by atoms with Gasteiger partial charge in [0.2, 0.25) is 0 Å². The van der Waals surface area contributed by atoms with Crippen molar-refractivity contribution in [1.82, 2.24) is 9.97 Å². The molecule has 0 bridgehead atoms. The van der Waals surface area contributed by atoms with E-state index in [1.54, 1.807) is 19.3 Å². The largest absolute Gasteiger partial charge is 0.481 e. The van der Waals surface area contributed by atoms with E-state index < -0.39 is 11.4 Å². The molecule has 0 aliphatic carbocycles. The van der Waals surface area contributed by atoms with Crippen molar-refractivity contribution in [2.45, 2.75) is 27.2 Å². The summed E-state index contributed by atoms with van der Waals surface area (Å²) in [5.74, 6) is -0.160. The molecule has 5 nitrogen and oxygen atoms in total. The van der Waals surface area contributed by atoms with Crippen LogP contribution >= 0.6 is 0 Å². The van der Waals surface area contributed by atoms with Crippen LogP contribution in [0.1, 0.15) is 26.0 Å². The molecule has 5 heteroatoms. The standard InChI is InChI=1S/C11H17N3O2/c1-4-11(3,10(15)16)7-14-9-8(2)12-5-6-13-9/h5-6H,4,7H2,1-3H3,(H,13,14)(H,15,16). The Morgan fingerprint density at radius 3 is 2.62 bits per heavy atom. The van der Waals surface area contributed by atoms with E-state index >= 15 is 0 Å². The van der Waals surface area contributed by atoms with Crippen LogP contribution in [0.15, 0.2) is 12.4 Å². The SMILES string of the molecule is CCC(C)(CNc1nccnc1C)C(=O)O. The third kappa shape index (κ3) is 2.68. The molecule has 0 spiro atoms. The van der Waals surface area contributed by atoms with E-state index in [0.29, 0.717) is 18.8 Å². The van der Waals surface area contributed by atoms with Gasteiger partial charge in [-0.3, -0.25) is 9.78 Å². The number of nitrogens with one attached hydrogen (secondary N) is 1. The molecule has 1 unspecified atom stereocenters. The van der Waals surface area contributed by atoms with Crippen LogP contribution in [0, 0.1) is 12.3 Å². The van der Waals surface area contributed by atoms with Gasteiger partial charge in [0.15, 0.2) is 0 Å². The second kappa shape index (κ2) is 4.92. The first-order valence-electron chi connectivity index (χ1n) is 5.24. The first kappa shape index (κ1) is 12.4. The highest BCUT2D eigenvalue weighted by atomic mass is 16.4. The molecular weight excluding hydrogens is 206 g/mol. The first-order valence-corrected chi connectivity index (χ1v) is 5.24. The third-order valence-corrected chi connectivity index (χ3v) is 2.82. The normalized spacial score (nSPS) is 14.2. The zero-order chi connectivity index (χ0) is 12.2. The van der Waals surface area contributed by atoms with E-state index in [1.165, 1.54) is 0 Å². The quantitative estimate of drug-likeness (QED) is 0.794. The Morgan fingerprint density at radius 2 is 2.12 bits per heavy atom. The predicted octanol–water partition coefficient (Wildman–Crippen LogP) is 1.70. The Morgan fingerprint density at radius 1 is 1.50 bits per heavy atom. The summed E-state index contributed by atoms with van der Waals surface area (Å²) in [6.07, 6.45) is 3.75. The van der Waals surface area contributed by atoms with E-state index in [9.17, 15) is 4.79 Å². The zero-order valence-electron chi connectivity index (χ0n) is 9.82. The van der Waals surface area contributed by atoms with Gasteiger partial charge in [0.05, 0.1) is 11.1 Å². The molecule has 0 aromatic carbocycles. The maximum atomic E-state index is 11.1. The highest BCUT2D eigenvalue weighted by molar-refractivity contribution is 5.74. The number of hydrogen-bond donors (Lipinski definition) is 2. The van der Waals surface area contributed by atoms with Gasteiger partial charge in [-0.25, -0.2) is 4.98 Å². The summed E-state index contributed by atoms with van der Waals surface area (Å²) in [5, 5.41) is 12.1. The number of aliphatic carboxylic acids is 1. The van der Waals surface area contributed by atoms with Crippen LogP contribution in [0.25, 0.3) is 0 Å². The molecule has 16 heavy (non-hydrogen) atoms. The van der Waals surface area contributed by atoms with Crippen molar-refractivity contribution in [3.8, 4) is 0 Å². The second-order valence-corrected chi connectivity index (χ2v) is 4.06. The molecule has 0 amide bonds. The molecule has 1 aromatic rings. The van der Waals surface area contributed by atoms with E-state index in [2.05, 4.69) is 15.3 Å². The average Bonchev–Trinajstić information content (AvgIpc) is 2.27. The summed E-state index contributed by atoms with van der Waals surface area (Å²) >= 11 is 0. The van der Waals surface area contributed by atoms with E-state index in [-0.39, 0.29) is 0 Å². The molecule has 1 rings (SSSR count). The number of aromatic nitrogens is 2.